The normalized spacial score (nSPS) is 12.9. The number of nitrogens with zero attached hydrogens (tertiary/aromatic N) is 1. The number of nitriles is 1. The molecule has 0 fully saturated rings. The summed E-state index contributed by atoms with van der Waals surface area (Å²) in [4.78, 5) is 0. The van der Waals surface area contributed by atoms with Crippen molar-refractivity contribution in [1.29, 1.82) is 5.26 Å². The molecule has 1 atom stereocenters. The first kappa shape index (κ1) is 17.9. The van der Waals surface area contributed by atoms with Gasteiger partial charge in [-0.1, -0.05) is 31.9 Å². The van der Waals surface area contributed by atoms with Crippen molar-refractivity contribution in [2.24, 2.45) is 5.92 Å². The lowest BCUT2D eigenvalue weighted by Crippen LogP contribution is -2.00. The molecule has 0 spiro atoms. The molecular formula is C16H25N. The fourth-order valence-corrected chi connectivity index (χ4v) is 1.65. The molecule has 0 aliphatic heterocycles. The lowest BCUT2D eigenvalue weighted by atomic mass is 9.91. The van der Waals surface area contributed by atoms with E-state index in [4.69, 9.17) is 5.26 Å². The highest BCUT2D eigenvalue weighted by molar-refractivity contribution is 5.35. The molecule has 0 aromatic heterocycles. The van der Waals surface area contributed by atoms with Gasteiger partial charge in [0.15, 0.2) is 0 Å². The molecule has 1 heteroatoms. The van der Waals surface area contributed by atoms with E-state index < -0.39 is 0 Å². The molecule has 0 amide bonds. The fourth-order valence-electron chi connectivity index (χ4n) is 1.65. The number of terminal acetylenes is 1. The van der Waals surface area contributed by atoms with Gasteiger partial charge in [0, 0.05) is 5.57 Å². The van der Waals surface area contributed by atoms with Gasteiger partial charge in [-0.05, 0) is 45.6 Å². The Balaban J connectivity index is 0. The van der Waals surface area contributed by atoms with Gasteiger partial charge in [0.1, 0.15) is 0 Å². The van der Waals surface area contributed by atoms with Crippen molar-refractivity contribution in [2.45, 2.75) is 53.9 Å². The second kappa shape index (κ2) is 12.6. The maximum atomic E-state index is 8.80. The van der Waals surface area contributed by atoms with E-state index in [1.807, 2.05) is 19.1 Å². The summed E-state index contributed by atoms with van der Waals surface area (Å²) in [6.07, 6.45) is 12.1. The van der Waals surface area contributed by atoms with Crippen LogP contribution in [0, 0.1) is 29.6 Å². The molecule has 0 heterocycles. The third-order valence-corrected chi connectivity index (χ3v) is 2.60. The summed E-state index contributed by atoms with van der Waals surface area (Å²) in [6, 6.07) is 2.19. The van der Waals surface area contributed by atoms with Gasteiger partial charge < -0.3 is 0 Å². The van der Waals surface area contributed by atoms with Crippen LogP contribution in [0.4, 0.5) is 0 Å². The number of hydrogen-bond acceptors (Lipinski definition) is 1. The zero-order valence-corrected chi connectivity index (χ0v) is 11.9. The van der Waals surface area contributed by atoms with Crippen LogP contribution in [0.1, 0.15) is 53.9 Å². The molecule has 0 bridgehead atoms. The third-order valence-electron chi connectivity index (χ3n) is 2.60. The summed E-state index contributed by atoms with van der Waals surface area (Å²) in [7, 11) is 0. The van der Waals surface area contributed by atoms with Gasteiger partial charge in [-0.25, -0.2) is 0 Å². The Kier molecular flexibility index (Phi) is 13.3. The zero-order chi connectivity index (χ0) is 13.7. The quantitative estimate of drug-likeness (QED) is 0.376. The van der Waals surface area contributed by atoms with Gasteiger partial charge in [-0.3, -0.25) is 0 Å². The summed E-state index contributed by atoms with van der Waals surface area (Å²) in [5, 5.41) is 8.80. The van der Waals surface area contributed by atoms with Gasteiger partial charge in [0.25, 0.3) is 0 Å². The average molecular weight is 231 g/mol. The molecule has 0 aliphatic rings. The largest absolute Gasteiger partial charge is 0.192 e. The molecule has 0 aliphatic carbocycles. The van der Waals surface area contributed by atoms with Crippen molar-refractivity contribution < 1.29 is 0 Å². The smallest absolute Gasteiger partial charge is 0.0988 e. The van der Waals surface area contributed by atoms with Gasteiger partial charge in [0.2, 0.25) is 0 Å². The van der Waals surface area contributed by atoms with Gasteiger partial charge in [0.05, 0.1) is 6.07 Å². The Labute approximate surface area is 107 Å². The maximum Gasteiger partial charge on any atom is 0.0988 e. The van der Waals surface area contributed by atoms with E-state index in [2.05, 4.69) is 39.2 Å². The van der Waals surface area contributed by atoms with Crippen molar-refractivity contribution in [3.05, 3.63) is 23.3 Å². The van der Waals surface area contributed by atoms with Crippen LogP contribution in [0.2, 0.25) is 0 Å². The lowest BCUT2D eigenvalue weighted by Gasteiger charge is -2.14. The highest BCUT2D eigenvalue weighted by Gasteiger charge is 2.07. The molecule has 17 heavy (non-hydrogen) atoms. The molecule has 0 saturated heterocycles. The minimum absolute atomic E-state index is 0.642. The topological polar surface area (TPSA) is 23.8 Å². The molecule has 1 nitrogen and oxygen atoms in total. The minimum atomic E-state index is 0.642. The van der Waals surface area contributed by atoms with Crippen LogP contribution in [0.5, 0.6) is 0 Å². The fraction of sp³-hybridized carbons (Fsp3) is 0.562. The Bertz CT molecular complexity index is 320. The zero-order valence-electron chi connectivity index (χ0n) is 11.9. The van der Waals surface area contributed by atoms with Crippen LogP contribution in [0.3, 0.4) is 0 Å². The van der Waals surface area contributed by atoms with E-state index in [-0.39, 0.29) is 0 Å². The molecule has 1 unspecified atom stereocenters. The molecular weight excluding hydrogens is 206 g/mol. The molecule has 0 aromatic carbocycles. The summed E-state index contributed by atoms with van der Waals surface area (Å²) >= 11 is 0. The number of hydrogen-bond donors (Lipinski definition) is 0. The Morgan fingerprint density at radius 1 is 1.41 bits per heavy atom. The number of rotatable bonds is 5. The van der Waals surface area contributed by atoms with Gasteiger partial charge in [-0.15, -0.1) is 12.3 Å². The van der Waals surface area contributed by atoms with E-state index in [0.29, 0.717) is 5.92 Å². The highest BCUT2D eigenvalue weighted by atomic mass is 14.2. The molecule has 0 rings (SSSR count). The van der Waals surface area contributed by atoms with Gasteiger partial charge >= 0.3 is 0 Å². The van der Waals surface area contributed by atoms with Crippen LogP contribution < -0.4 is 0 Å². The second-order valence-electron chi connectivity index (χ2n) is 3.93. The molecule has 0 saturated carbocycles. The summed E-state index contributed by atoms with van der Waals surface area (Å²) in [6.45, 7) is 10.1. The van der Waals surface area contributed by atoms with Crippen molar-refractivity contribution in [3.8, 4) is 18.4 Å². The lowest BCUT2D eigenvalue weighted by molar-refractivity contribution is 0.534. The van der Waals surface area contributed by atoms with Crippen molar-refractivity contribution in [2.75, 3.05) is 0 Å². The van der Waals surface area contributed by atoms with Crippen LogP contribution in [-0.4, -0.2) is 0 Å². The predicted molar refractivity (Wildman–Crippen MR) is 76.3 cm³/mol. The van der Waals surface area contributed by atoms with E-state index >= 15 is 0 Å². The van der Waals surface area contributed by atoms with E-state index in [9.17, 15) is 0 Å². The van der Waals surface area contributed by atoms with Crippen LogP contribution in [-0.2, 0) is 0 Å². The monoisotopic (exact) mass is 231 g/mol. The third kappa shape index (κ3) is 9.46. The Morgan fingerprint density at radius 2 is 1.94 bits per heavy atom. The second-order valence-corrected chi connectivity index (χ2v) is 3.93. The predicted octanol–water partition coefficient (Wildman–Crippen LogP) is 4.87. The van der Waals surface area contributed by atoms with Crippen molar-refractivity contribution in [3.63, 3.8) is 0 Å². The summed E-state index contributed by atoms with van der Waals surface area (Å²) < 4.78 is 0. The van der Waals surface area contributed by atoms with Gasteiger partial charge in [-0.2, -0.15) is 5.26 Å². The Morgan fingerprint density at radius 3 is 2.24 bits per heavy atom. The summed E-state index contributed by atoms with van der Waals surface area (Å²) in [5.41, 5.74) is 2.11. The minimum Gasteiger partial charge on any atom is -0.192 e. The average Bonchev–Trinajstić information content (AvgIpc) is 2.33. The first-order valence-corrected chi connectivity index (χ1v) is 6.23. The molecule has 0 aromatic rings. The highest BCUT2D eigenvalue weighted by Crippen LogP contribution is 2.21. The van der Waals surface area contributed by atoms with Crippen LogP contribution >= 0.6 is 0 Å². The van der Waals surface area contributed by atoms with E-state index in [1.54, 1.807) is 6.92 Å². The molecule has 0 radical (unpaired) electrons. The Hall–Kier alpha value is -1.47. The SMILES string of the molecule is C#CC.C/C=C(C#N)\C=C(/C)C(CC)CCC. The maximum absolute atomic E-state index is 8.80. The van der Waals surface area contributed by atoms with Crippen LogP contribution in [0.25, 0.3) is 0 Å². The standard InChI is InChI=1S/C13H21N.C3H4/c1-5-8-13(7-3)11(4)9-12(6-2)10-14;1-3-2/h6,9,13H,5,7-8H2,1-4H3;1H,2H3/b11-9+,12-6+;. The van der Waals surface area contributed by atoms with E-state index in [1.165, 1.54) is 24.8 Å². The van der Waals surface area contributed by atoms with Crippen LogP contribution in [0.15, 0.2) is 23.3 Å². The summed E-state index contributed by atoms with van der Waals surface area (Å²) in [5.74, 6) is 2.89. The number of allylic oxidation sites excluding steroid dienone is 4. The first-order valence-electron chi connectivity index (χ1n) is 6.23. The molecule has 0 N–H and O–H groups in total. The molecule has 94 valence electrons. The van der Waals surface area contributed by atoms with Crippen molar-refractivity contribution in [1.82, 2.24) is 0 Å². The van der Waals surface area contributed by atoms with E-state index in [0.717, 1.165) is 5.57 Å². The van der Waals surface area contributed by atoms with Crippen molar-refractivity contribution >= 4 is 0 Å². The first-order chi connectivity index (χ1) is 8.10.